The van der Waals surface area contributed by atoms with Crippen molar-refractivity contribution in [2.24, 2.45) is 5.73 Å². The molecular formula is C28H39ClN6O2. The van der Waals surface area contributed by atoms with E-state index in [0.29, 0.717) is 19.7 Å². The van der Waals surface area contributed by atoms with Crippen molar-refractivity contribution in [2.75, 3.05) is 52.4 Å². The van der Waals surface area contributed by atoms with E-state index < -0.39 is 0 Å². The zero-order chi connectivity index (χ0) is 26.3. The molecule has 1 amide bonds. The van der Waals surface area contributed by atoms with Crippen molar-refractivity contribution in [3.8, 4) is 11.4 Å². The number of aromatic nitrogens is 2. The number of carbonyl (C=O) groups excluding carboxylic acids is 1. The van der Waals surface area contributed by atoms with Gasteiger partial charge in [-0.05, 0) is 76.1 Å². The van der Waals surface area contributed by atoms with E-state index in [4.69, 9.17) is 22.1 Å². The molecular weight excluding hydrogens is 488 g/mol. The Kier molecular flexibility index (Phi) is 9.43. The SMILES string of the molecule is CC(C)(CN)NC(=O)CN1CCN(CCCCCOc2ccc3c(c2)ncn3-c2ccc(Cl)cc2)CC1. The third kappa shape index (κ3) is 7.92. The molecule has 2 aromatic carbocycles. The van der Waals surface area contributed by atoms with Gasteiger partial charge in [-0.3, -0.25) is 14.3 Å². The predicted molar refractivity (Wildman–Crippen MR) is 150 cm³/mol. The van der Waals surface area contributed by atoms with Gasteiger partial charge in [0.1, 0.15) is 12.1 Å². The molecule has 0 unspecified atom stereocenters. The number of carbonyl (C=O) groups is 1. The van der Waals surface area contributed by atoms with Crippen molar-refractivity contribution in [3.05, 3.63) is 53.8 Å². The zero-order valence-corrected chi connectivity index (χ0v) is 22.7. The molecule has 0 aliphatic carbocycles. The van der Waals surface area contributed by atoms with E-state index in [0.717, 1.165) is 79.5 Å². The maximum Gasteiger partial charge on any atom is 0.234 e. The lowest BCUT2D eigenvalue weighted by Crippen LogP contribution is -2.54. The number of ether oxygens (including phenoxy) is 1. The van der Waals surface area contributed by atoms with Gasteiger partial charge in [0.05, 0.1) is 24.2 Å². The van der Waals surface area contributed by atoms with E-state index >= 15 is 0 Å². The lowest BCUT2D eigenvalue weighted by Gasteiger charge is -2.35. The normalized spacial score (nSPS) is 15.2. The maximum atomic E-state index is 12.2. The molecule has 0 bridgehead atoms. The summed E-state index contributed by atoms with van der Waals surface area (Å²) < 4.78 is 8.05. The molecule has 3 aromatic rings. The Balaban J connectivity index is 1.11. The van der Waals surface area contributed by atoms with Crippen molar-refractivity contribution in [3.63, 3.8) is 0 Å². The van der Waals surface area contributed by atoms with Crippen molar-refractivity contribution in [1.82, 2.24) is 24.7 Å². The molecule has 1 fully saturated rings. The van der Waals surface area contributed by atoms with E-state index in [1.54, 1.807) is 0 Å². The molecule has 1 aliphatic rings. The molecule has 8 nitrogen and oxygen atoms in total. The average molecular weight is 527 g/mol. The summed E-state index contributed by atoms with van der Waals surface area (Å²) in [5.41, 5.74) is 8.33. The van der Waals surface area contributed by atoms with Crippen molar-refractivity contribution in [1.29, 1.82) is 0 Å². The van der Waals surface area contributed by atoms with Crippen LogP contribution in [0.1, 0.15) is 33.1 Å². The number of fused-ring (bicyclic) bond motifs is 1. The zero-order valence-electron chi connectivity index (χ0n) is 22.0. The Labute approximate surface area is 224 Å². The molecule has 1 aromatic heterocycles. The fourth-order valence-corrected chi connectivity index (χ4v) is 4.66. The van der Waals surface area contributed by atoms with Gasteiger partial charge in [0.25, 0.3) is 0 Å². The summed E-state index contributed by atoms with van der Waals surface area (Å²) in [4.78, 5) is 21.5. The highest BCUT2D eigenvalue weighted by molar-refractivity contribution is 6.30. The van der Waals surface area contributed by atoms with Gasteiger partial charge in [0.2, 0.25) is 5.91 Å². The Hall–Kier alpha value is -2.65. The summed E-state index contributed by atoms with van der Waals surface area (Å²) in [6, 6.07) is 13.8. The first-order valence-corrected chi connectivity index (χ1v) is 13.5. The Morgan fingerprint density at radius 2 is 1.78 bits per heavy atom. The fraction of sp³-hybridized carbons (Fsp3) is 0.500. The lowest BCUT2D eigenvalue weighted by molar-refractivity contribution is -0.124. The molecule has 0 radical (unpaired) electrons. The van der Waals surface area contributed by atoms with Gasteiger partial charge >= 0.3 is 0 Å². The molecule has 1 saturated heterocycles. The number of nitrogens with zero attached hydrogens (tertiary/aromatic N) is 4. The smallest absolute Gasteiger partial charge is 0.234 e. The highest BCUT2D eigenvalue weighted by Crippen LogP contribution is 2.24. The summed E-state index contributed by atoms with van der Waals surface area (Å²) >= 11 is 6.01. The van der Waals surface area contributed by atoms with Gasteiger partial charge in [0, 0.05) is 55.0 Å². The topological polar surface area (TPSA) is 88.7 Å². The summed E-state index contributed by atoms with van der Waals surface area (Å²) in [5.74, 6) is 0.904. The number of piperazine rings is 1. The van der Waals surface area contributed by atoms with Crippen LogP contribution in [0, 0.1) is 0 Å². The number of hydrogen-bond donors (Lipinski definition) is 2. The molecule has 0 atom stereocenters. The van der Waals surface area contributed by atoms with E-state index in [1.165, 1.54) is 0 Å². The second kappa shape index (κ2) is 12.7. The number of benzene rings is 2. The first-order valence-electron chi connectivity index (χ1n) is 13.1. The molecule has 3 N–H and O–H groups in total. The standard InChI is InChI=1S/C28H39ClN6O2/c1-28(2,20-30)32-27(36)19-34-15-13-33(14-16-34)12-4-3-5-17-37-24-10-11-26-25(18-24)31-21-35(26)23-8-6-22(29)7-9-23/h6-11,18,21H,3-5,12-17,19-20,30H2,1-2H3,(H,32,36). The number of imidazole rings is 1. The van der Waals surface area contributed by atoms with Crippen LogP contribution < -0.4 is 15.8 Å². The highest BCUT2D eigenvalue weighted by Gasteiger charge is 2.22. The van der Waals surface area contributed by atoms with Crippen LogP contribution in [0.3, 0.4) is 0 Å². The largest absolute Gasteiger partial charge is 0.494 e. The minimum atomic E-state index is -0.351. The summed E-state index contributed by atoms with van der Waals surface area (Å²) in [6.07, 6.45) is 5.13. The minimum Gasteiger partial charge on any atom is -0.494 e. The molecule has 0 saturated carbocycles. The number of hydrogen-bond acceptors (Lipinski definition) is 6. The van der Waals surface area contributed by atoms with Crippen molar-refractivity contribution < 1.29 is 9.53 Å². The molecule has 200 valence electrons. The number of rotatable bonds is 12. The first-order chi connectivity index (χ1) is 17.8. The Morgan fingerprint density at radius 3 is 2.51 bits per heavy atom. The predicted octanol–water partition coefficient (Wildman–Crippen LogP) is 3.70. The fourth-order valence-electron chi connectivity index (χ4n) is 4.54. The third-order valence-electron chi connectivity index (χ3n) is 6.83. The van der Waals surface area contributed by atoms with Crippen LogP contribution in [0.15, 0.2) is 48.8 Å². The Bertz CT molecular complexity index is 1160. The number of nitrogens with two attached hydrogens (primary N) is 1. The van der Waals surface area contributed by atoms with Crippen LogP contribution in [0.5, 0.6) is 5.75 Å². The van der Waals surface area contributed by atoms with Gasteiger partial charge in [-0.25, -0.2) is 4.98 Å². The van der Waals surface area contributed by atoms with Gasteiger partial charge < -0.3 is 20.7 Å². The quantitative estimate of drug-likeness (QED) is 0.350. The minimum absolute atomic E-state index is 0.0537. The van der Waals surface area contributed by atoms with Gasteiger partial charge in [-0.2, -0.15) is 0 Å². The summed E-state index contributed by atoms with van der Waals surface area (Å²) in [5, 5.41) is 3.73. The van der Waals surface area contributed by atoms with Crippen LogP contribution in [0.25, 0.3) is 16.7 Å². The van der Waals surface area contributed by atoms with Crippen LogP contribution in [-0.4, -0.2) is 83.2 Å². The second-order valence-corrected chi connectivity index (χ2v) is 10.8. The summed E-state index contributed by atoms with van der Waals surface area (Å²) in [7, 11) is 0. The van der Waals surface area contributed by atoms with Crippen LogP contribution in [-0.2, 0) is 4.79 Å². The molecule has 2 heterocycles. The molecule has 1 aliphatic heterocycles. The second-order valence-electron chi connectivity index (χ2n) is 10.4. The van der Waals surface area contributed by atoms with Gasteiger partial charge in [-0.15, -0.1) is 0 Å². The number of nitrogens with one attached hydrogen (secondary N) is 1. The number of halogens is 1. The lowest BCUT2D eigenvalue weighted by atomic mass is 10.1. The highest BCUT2D eigenvalue weighted by atomic mass is 35.5. The van der Waals surface area contributed by atoms with Crippen LogP contribution >= 0.6 is 11.6 Å². The molecule has 9 heteroatoms. The maximum absolute atomic E-state index is 12.2. The Morgan fingerprint density at radius 1 is 1.05 bits per heavy atom. The molecule has 37 heavy (non-hydrogen) atoms. The van der Waals surface area contributed by atoms with Crippen LogP contribution in [0.2, 0.25) is 5.02 Å². The van der Waals surface area contributed by atoms with Gasteiger partial charge in [-0.1, -0.05) is 11.6 Å². The number of unbranched alkanes of at least 4 members (excludes halogenated alkanes) is 2. The summed E-state index contributed by atoms with van der Waals surface area (Å²) in [6.45, 7) is 10.4. The monoisotopic (exact) mass is 526 g/mol. The van der Waals surface area contributed by atoms with Crippen molar-refractivity contribution in [2.45, 2.75) is 38.6 Å². The van der Waals surface area contributed by atoms with E-state index in [2.05, 4.69) is 26.2 Å². The first kappa shape index (κ1) is 27.4. The van der Waals surface area contributed by atoms with E-state index in [1.807, 2.05) is 61.1 Å². The molecule has 4 rings (SSSR count). The van der Waals surface area contributed by atoms with Gasteiger partial charge in [0.15, 0.2) is 0 Å². The van der Waals surface area contributed by atoms with Crippen LogP contribution in [0.4, 0.5) is 0 Å². The van der Waals surface area contributed by atoms with E-state index in [9.17, 15) is 4.79 Å². The molecule has 0 spiro atoms. The third-order valence-corrected chi connectivity index (χ3v) is 7.08. The van der Waals surface area contributed by atoms with Crippen molar-refractivity contribution >= 4 is 28.5 Å². The number of amides is 1. The average Bonchev–Trinajstić information content (AvgIpc) is 3.30. The van der Waals surface area contributed by atoms with E-state index in [-0.39, 0.29) is 11.4 Å².